The third kappa shape index (κ3) is 4.63. The predicted molar refractivity (Wildman–Crippen MR) is 120 cm³/mol. The second-order valence-corrected chi connectivity index (χ2v) is 7.76. The van der Waals surface area contributed by atoms with E-state index < -0.39 is 0 Å². The van der Waals surface area contributed by atoms with Gasteiger partial charge in [0.1, 0.15) is 5.75 Å². The van der Waals surface area contributed by atoms with Gasteiger partial charge in [0.2, 0.25) is 11.7 Å². The van der Waals surface area contributed by atoms with Gasteiger partial charge >= 0.3 is 6.03 Å². The minimum atomic E-state index is -0.113. The number of nitrogens with zero attached hydrogens (tertiary/aromatic N) is 4. The molecule has 4 rings (SSSR count). The molecule has 1 N–H and O–H groups in total. The summed E-state index contributed by atoms with van der Waals surface area (Å²) >= 11 is 0. The highest BCUT2D eigenvalue weighted by Crippen LogP contribution is 2.25. The van der Waals surface area contributed by atoms with Gasteiger partial charge in [-0.1, -0.05) is 31.1 Å². The molecule has 0 radical (unpaired) electrons. The van der Waals surface area contributed by atoms with Crippen LogP contribution in [0.15, 0.2) is 53.1 Å². The van der Waals surface area contributed by atoms with E-state index in [1.54, 1.807) is 7.11 Å². The van der Waals surface area contributed by atoms with E-state index in [4.69, 9.17) is 9.26 Å². The number of rotatable bonds is 5. The monoisotopic (exact) mass is 421 g/mol. The molecule has 31 heavy (non-hydrogen) atoms. The average Bonchev–Trinajstić information content (AvgIpc) is 3.30. The van der Waals surface area contributed by atoms with Gasteiger partial charge in [0.05, 0.1) is 12.8 Å². The first-order chi connectivity index (χ1) is 15.0. The Hall–Kier alpha value is -3.55. The normalized spacial score (nSPS) is 14.1. The van der Waals surface area contributed by atoms with Crippen LogP contribution in [0.5, 0.6) is 5.75 Å². The number of carbonyl (C=O) groups is 1. The summed E-state index contributed by atoms with van der Waals surface area (Å²) < 4.78 is 10.6. The molecule has 0 spiro atoms. The lowest BCUT2D eigenvalue weighted by atomic mass is 10.1. The number of para-hydroxylation sites is 2. The minimum absolute atomic E-state index is 0.113. The third-order valence-electron chi connectivity index (χ3n) is 5.34. The number of piperazine rings is 1. The van der Waals surface area contributed by atoms with Gasteiger partial charge in [-0.2, -0.15) is 4.98 Å². The van der Waals surface area contributed by atoms with Crippen molar-refractivity contribution in [3.8, 4) is 17.1 Å². The Kier molecular flexibility index (Phi) is 6.06. The van der Waals surface area contributed by atoms with Crippen molar-refractivity contribution in [2.75, 3.05) is 43.5 Å². The standard InChI is InChI=1S/C23H27N5O3/c1-16(2)22-25-21(26-31-22)17-8-10-18(11-9-17)27-12-14-28(15-13-27)23(29)24-19-6-4-5-7-20(19)30-3/h4-11,16H,12-15H2,1-3H3,(H,24,29). The molecule has 2 aromatic carbocycles. The number of benzene rings is 2. The minimum Gasteiger partial charge on any atom is -0.495 e. The van der Waals surface area contributed by atoms with Gasteiger partial charge in [-0.25, -0.2) is 4.79 Å². The van der Waals surface area contributed by atoms with E-state index in [0.717, 1.165) is 24.3 Å². The van der Waals surface area contributed by atoms with Crippen LogP contribution in [0, 0.1) is 0 Å². The van der Waals surface area contributed by atoms with Gasteiger partial charge in [0, 0.05) is 43.3 Å². The third-order valence-corrected chi connectivity index (χ3v) is 5.34. The molecule has 1 saturated heterocycles. The van der Waals surface area contributed by atoms with Crippen LogP contribution in [0.2, 0.25) is 0 Å². The van der Waals surface area contributed by atoms with Gasteiger partial charge < -0.3 is 24.4 Å². The first-order valence-electron chi connectivity index (χ1n) is 10.4. The van der Waals surface area contributed by atoms with Crippen LogP contribution in [0.25, 0.3) is 11.4 Å². The van der Waals surface area contributed by atoms with Crippen LogP contribution in [0.4, 0.5) is 16.2 Å². The molecule has 1 aliphatic rings. The summed E-state index contributed by atoms with van der Waals surface area (Å²) in [5.74, 6) is 2.10. The quantitative estimate of drug-likeness (QED) is 0.664. The lowest BCUT2D eigenvalue weighted by molar-refractivity contribution is 0.208. The van der Waals surface area contributed by atoms with Crippen LogP contribution in [0.1, 0.15) is 25.7 Å². The molecule has 0 saturated carbocycles. The summed E-state index contributed by atoms with van der Waals surface area (Å²) in [6.45, 7) is 6.86. The van der Waals surface area contributed by atoms with Crippen molar-refractivity contribution >= 4 is 17.4 Å². The fraction of sp³-hybridized carbons (Fsp3) is 0.348. The number of anilines is 2. The molecule has 0 aliphatic carbocycles. The van der Waals surface area contributed by atoms with Crippen molar-refractivity contribution in [3.05, 3.63) is 54.4 Å². The number of carbonyl (C=O) groups excluding carboxylic acids is 1. The SMILES string of the molecule is COc1ccccc1NC(=O)N1CCN(c2ccc(-c3noc(C(C)C)n3)cc2)CC1. The van der Waals surface area contributed by atoms with Crippen LogP contribution in [-0.4, -0.2) is 54.4 Å². The van der Waals surface area contributed by atoms with E-state index in [-0.39, 0.29) is 11.9 Å². The molecule has 1 aliphatic heterocycles. The van der Waals surface area contributed by atoms with E-state index in [0.29, 0.717) is 36.2 Å². The lowest BCUT2D eigenvalue weighted by Crippen LogP contribution is -2.50. The van der Waals surface area contributed by atoms with Crippen molar-refractivity contribution < 1.29 is 14.1 Å². The number of aromatic nitrogens is 2. The van der Waals surface area contributed by atoms with Crippen molar-refractivity contribution in [2.24, 2.45) is 0 Å². The summed E-state index contributed by atoms with van der Waals surface area (Å²) in [6, 6.07) is 15.4. The molecular formula is C23H27N5O3. The second-order valence-electron chi connectivity index (χ2n) is 7.76. The number of urea groups is 1. The highest BCUT2D eigenvalue weighted by Gasteiger charge is 2.22. The van der Waals surface area contributed by atoms with Crippen molar-refractivity contribution in [3.63, 3.8) is 0 Å². The van der Waals surface area contributed by atoms with Crippen molar-refractivity contribution in [1.82, 2.24) is 15.0 Å². The Morgan fingerprint density at radius 1 is 1.06 bits per heavy atom. The van der Waals surface area contributed by atoms with E-state index in [9.17, 15) is 4.79 Å². The molecule has 0 unspecified atom stereocenters. The number of hydrogen-bond donors (Lipinski definition) is 1. The molecule has 0 bridgehead atoms. The predicted octanol–water partition coefficient (Wildman–Crippen LogP) is 4.22. The number of methoxy groups -OCH3 is 1. The van der Waals surface area contributed by atoms with E-state index in [2.05, 4.69) is 32.5 Å². The number of ether oxygens (including phenoxy) is 1. The first-order valence-corrected chi connectivity index (χ1v) is 10.4. The maximum Gasteiger partial charge on any atom is 0.322 e. The smallest absolute Gasteiger partial charge is 0.322 e. The fourth-order valence-electron chi connectivity index (χ4n) is 3.52. The zero-order valence-electron chi connectivity index (χ0n) is 18.0. The second kappa shape index (κ2) is 9.07. The molecule has 2 heterocycles. The zero-order valence-corrected chi connectivity index (χ0v) is 18.0. The Morgan fingerprint density at radius 2 is 1.77 bits per heavy atom. The Balaban J connectivity index is 1.34. The maximum atomic E-state index is 12.6. The number of hydrogen-bond acceptors (Lipinski definition) is 6. The van der Waals surface area contributed by atoms with Gasteiger partial charge in [-0.15, -0.1) is 0 Å². The van der Waals surface area contributed by atoms with Crippen molar-refractivity contribution in [1.29, 1.82) is 0 Å². The summed E-state index contributed by atoms with van der Waals surface area (Å²) in [6.07, 6.45) is 0. The van der Waals surface area contributed by atoms with Crippen LogP contribution < -0.4 is 15.0 Å². The Morgan fingerprint density at radius 3 is 2.42 bits per heavy atom. The van der Waals surface area contributed by atoms with Crippen molar-refractivity contribution in [2.45, 2.75) is 19.8 Å². The number of nitrogens with one attached hydrogen (secondary N) is 1. The molecule has 2 amide bonds. The first kappa shape index (κ1) is 20.7. The molecule has 8 nitrogen and oxygen atoms in total. The fourth-order valence-corrected chi connectivity index (χ4v) is 3.52. The summed E-state index contributed by atoms with van der Waals surface area (Å²) in [5, 5.41) is 7.01. The van der Waals surface area contributed by atoms with Gasteiger partial charge in [-0.05, 0) is 36.4 Å². The van der Waals surface area contributed by atoms with Crippen LogP contribution in [-0.2, 0) is 0 Å². The van der Waals surface area contributed by atoms with Crippen LogP contribution in [0.3, 0.4) is 0 Å². The molecule has 8 heteroatoms. The largest absolute Gasteiger partial charge is 0.495 e. The zero-order chi connectivity index (χ0) is 21.8. The van der Waals surface area contributed by atoms with Crippen LogP contribution >= 0.6 is 0 Å². The number of amides is 2. The van der Waals surface area contributed by atoms with Gasteiger partial charge in [-0.3, -0.25) is 0 Å². The van der Waals surface area contributed by atoms with E-state index in [1.807, 2.05) is 55.1 Å². The summed E-state index contributed by atoms with van der Waals surface area (Å²) in [5.41, 5.74) is 2.71. The van der Waals surface area contributed by atoms with E-state index >= 15 is 0 Å². The molecule has 1 fully saturated rings. The summed E-state index contributed by atoms with van der Waals surface area (Å²) in [7, 11) is 1.59. The maximum absolute atomic E-state index is 12.6. The highest BCUT2D eigenvalue weighted by atomic mass is 16.5. The topological polar surface area (TPSA) is 83.7 Å². The molecule has 0 atom stereocenters. The van der Waals surface area contributed by atoms with E-state index in [1.165, 1.54) is 0 Å². The Labute approximate surface area is 181 Å². The van der Waals surface area contributed by atoms with Gasteiger partial charge in [0.25, 0.3) is 0 Å². The van der Waals surface area contributed by atoms with Gasteiger partial charge in [0.15, 0.2) is 0 Å². The molecular weight excluding hydrogens is 394 g/mol. The Bertz CT molecular complexity index is 1020. The summed E-state index contributed by atoms with van der Waals surface area (Å²) in [4.78, 5) is 21.2. The average molecular weight is 422 g/mol. The molecule has 162 valence electrons. The molecule has 3 aromatic rings. The molecule has 1 aromatic heterocycles. The highest BCUT2D eigenvalue weighted by molar-refractivity contribution is 5.91. The lowest BCUT2D eigenvalue weighted by Gasteiger charge is -2.36.